The molecular formula is C18H19F2NO3. The van der Waals surface area contributed by atoms with E-state index in [1.165, 1.54) is 31.4 Å². The average molecular weight is 335 g/mol. The number of hydrogen-bond acceptors (Lipinski definition) is 3. The molecule has 0 spiro atoms. The molecule has 24 heavy (non-hydrogen) atoms. The second-order valence-corrected chi connectivity index (χ2v) is 5.36. The van der Waals surface area contributed by atoms with Crippen LogP contribution in [0.25, 0.3) is 11.1 Å². The van der Waals surface area contributed by atoms with E-state index >= 15 is 0 Å². The Kier molecular flexibility index (Phi) is 6.40. The maximum Gasteiger partial charge on any atom is 0.254 e. The standard InChI is InChI=1S/C18H19F2NO3/c1-24-11-15(22)8-9-21-18(23)16-7-4-13(10-17(16)20)12-2-5-14(19)6-3-12/h2-7,10,15,22H,8-9,11H2,1H3,(H,21,23). The van der Waals surface area contributed by atoms with Gasteiger partial charge in [0.05, 0.1) is 18.3 Å². The topological polar surface area (TPSA) is 58.6 Å². The lowest BCUT2D eigenvalue weighted by atomic mass is 10.0. The maximum absolute atomic E-state index is 14.2. The highest BCUT2D eigenvalue weighted by molar-refractivity contribution is 5.95. The molecule has 4 nitrogen and oxygen atoms in total. The molecule has 0 bridgehead atoms. The lowest BCUT2D eigenvalue weighted by molar-refractivity contribution is 0.0587. The number of nitrogens with one attached hydrogen (secondary N) is 1. The molecule has 1 amide bonds. The van der Waals surface area contributed by atoms with Gasteiger partial charge < -0.3 is 15.2 Å². The summed E-state index contributed by atoms with van der Waals surface area (Å²) in [5.74, 6) is -1.58. The zero-order valence-electron chi connectivity index (χ0n) is 13.3. The summed E-state index contributed by atoms with van der Waals surface area (Å²) in [5.41, 5.74) is 1.13. The molecule has 0 saturated heterocycles. The summed E-state index contributed by atoms with van der Waals surface area (Å²) in [5, 5.41) is 12.0. The molecule has 6 heteroatoms. The first-order chi connectivity index (χ1) is 11.5. The molecule has 2 N–H and O–H groups in total. The molecule has 0 aliphatic rings. The number of aliphatic hydroxyl groups is 1. The van der Waals surface area contributed by atoms with Crippen molar-refractivity contribution < 1.29 is 23.4 Å². The summed E-state index contributed by atoms with van der Waals surface area (Å²) in [4.78, 5) is 12.0. The number of halogens is 2. The van der Waals surface area contributed by atoms with Gasteiger partial charge >= 0.3 is 0 Å². The fraction of sp³-hybridized carbons (Fsp3) is 0.278. The van der Waals surface area contributed by atoms with Crippen LogP contribution in [-0.4, -0.2) is 37.4 Å². The SMILES string of the molecule is COCC(O)CCNC(=O)c1ccc(-c2ccc(F)cc2)cc1F. The lowest BCUT2D eigenvalue weighted by Gasteiger charge is -2.11. The minimum atomic E-state index is -0.680. The maximum atomic E-state index is 14.2. The van der Waals surface area contributed by atoms with Crippen molar-refractivity contribution in [1.82, 2.24) is 5.32 Å². The minimum Gasteiger partial charge on any atom is -0.391 e. The number of methoxy groups -OCH3 is 1. The number of carbonyl (C=O) groups is 1. The quantitative estimate of drug-likeness (QED) is 0.818. The molecule has 2 aromatic carbocycles. The Morgan fingerprint density at radius 3 is 2.46 bits per heavy atom. The summed E-state index contributed by atoms with van der Waals surface area (Å²) in [7, 11) is 1.47. The number of aliphatic hydroxyl groups excluding tert-OH is 1. The number of amides is 1. The Morgan fingerprint density at radius 1 is 1.17 bits per heavy atom. The first-order valence-electron chi connectivity index (χ1n) is 7.52. The van der Waals surface area contributed by atoms with Crippen molar-refractivity contribution in [2.45, 2.75) is 12.5 Å². The molecule has 0 saturated carbocycles. The van der Waals surface area contributed by atoms with Gasteiger partial charge in [0, 0.05) is 13.7 Å². The summed E-state index contributed by atoms with van der Waals surface area (Å²) >= 11 is 0. The second kappa shape index (κ2) is 8.52. The van der Waals surface area contributed by atoms with Gasteiger partial charge in [-0.05, 0) is 41.8 Å². The first kappa shape index (κ1) is 18.0. The molecule has 1 unspecified atom stereocenters. The number of ether oxygens (including phenoxy) is 1. The van der Waals surface area contributed by atoms with Gasteiger partial charge in [-0.2, -0.15) is 0 Å². The third-order valence-electron chi connectivity index (χ3n) is 3.51. The molecule has 0 aliphatic heterocycles. The molecule has 0 aliphatic carbocycles. The Hall–Kier alpha value is -2.31. The van der Waals surface area contributed by atoms with Crippen molar-refractivity contribution in [2.24, 2.45) is 0 Å². The van der Waals surface area contributed by atoms with E-state index in [-0.39, 0.29) is 24.5 Å². The highest BCUT2D eigenvalue weighted by Gasteiger charge is 2.13. The summed E-state index contributed by atoms with van der Waals surface area (Å²) in [6.07, 6.45) is -0.365. The number of carbonyl (C=O) groups excluding carboxylic acids is 1. The molecular weight excluding hydrogens is 316 g/mol. The van der Waals surface area contributed by atoms with E-state index in [0.29, 0.717) is 17.5 Å². The van der Waals surface area contributed by atoms with Crippen LogP contribution in [0.1, 0.15) is 16.8 Å². The molecule has 2 aromatic rings. The van der Waals surface area contributed by atoms with E-state index in [0.717, 1.165) is 0 Å². The van der Waals surface area contributed by atoms with Gasteiger partial charge in [-0.25, -0.2) is 8.78 Å². The number of benzene rings is 2. The lowest BCUT2D eigenvalue weighted by Crippen LogP contribution is -2.29. The van der Waals surface area contributed by atoms with Gasteiger partial charge in [0.2, 0.25) is 0 Å². The van der Waals surface area contributed by atoms with E-state index in [4.69, 9.17) is 4.74 Å². The van der Waals surface area contributed by atoms with E-state index in [2.05, 4.69) is 5.32 Å². The van der Waals surface area contributed by atoms with Gasteiger partial charge in [0.25, 0.3) is 5.91 Å². The Bertz CT molecular complexity index is 689. The highest BCUT2D eigenvalue weighted by Crippen LogP contribution is 2.22. The number of rotatable bonds is 7. The van der Waals surface area contributed by atoms with Crippen LogP contribution in [0.15, 0.2) is 42.5 Å². The first-order valence-corrected chi connectivity index (χ1v) is 7.52. The average Bonchev–Trinajstić information content (AvgIpc) is 2.55. The highest BCUT2D eigenvalue weighted by atomic mass is 19.1. The Balaban J connectivity index is 2.01. The van der Waals surface area contributed by atoms with Crippen LogP contribution < -0.4 is 5.32 Å². The van der Waals surface area contributed by atoms with Crippen LogP contribution in [0.5, 0.6) is 0 Å². The van der Waals surface area contributed by atoms with E-state index in [1.807, 2.05) is 0 Å². The van der Waals surface area contributed by atoms with Crippen molar-refractivity contribution in [2.75, 3.05) is 20.3 Å². The van der Waals surface area contributed by atoms with Gasteiger partial charge in [-0.15, -0.1) is 0 Å². The zero-order chi connectivity index (χ0) is 17.5. The van der Waals surface area contributed by atoms with Crippen LogP contribution in [0.3, 0.4) is 0 Å². The smallest absolute Gasteiger partial charge is 0.254 e. The van der Waals surface area contributed by atoms with E-state index in [1.54, 1.807) is 18.2 Å². The van der Waals surface area contributed by atoms with Crippen LogP contribution in [0, 0.1) is 11.6 Å². The molecule has 1 atom stereocenters. The summed E-state index contributed by atoms with van der Waals surface area (Å²) < 4.78 is 31.9. The Labute approximate surface area is 139 Å². The molecule has 0 fully saturated rings. The molecule has 2 rings (SSSR count). The second-order valence-electron chi connectivity index (χ2n) is 5.36. The van der Waals surface area contributed by atoms with Crippen molar-refractivity contribution >= 4 is 5.91 Å². The third-order valence-corrected chi connectivity index (χ3v) is 3.51. The zero-order valence-corrected chi connectivity index (χ0v) is 13.3. The Morgan fingerprint density at radius 2 is 1.83 bits per heavy atom. The number of hydrogen-bond donors (Lipinski definition) is 2. The van der Waals surface area contributed by atoms with Crippen molar-refractivity contribution in [3.8, 4) is 11.1 Å². The van der Waals surface area contributed by atoms with Crippen molar-refractivity contribution in [1.29, 1.82) is 0 Å². The van der Waals surface area contributed by atoms with E-state index < -0.39 is 17.8 Å². The molecule has 0 radical (unpaired) electrons. The molecule has 0 heterocycles. The van der Waals surface area contributed by atoms with Gasteiger partial charge in [0.1, 0.15) is 11.6 Å². The molecule has 0 aromatic heterocycles. The predicted molar refractivity (Wildman–Crippen MR) is 86.6 cm³/mol. The fourth-order valence-electron chi connectivity index (χ4n) is 2.24. The van der Waals surface area contributed by atoms with Crippen LogP contribution >= 0.6 is 0 Å². The van der Waals surface area contributed by atoms with Gasteiger partial charge in [-0.1, -0.05) is 18.2 Å². The summed E-state index contributed by atoms with van der Waals surface area (Å²) in [6, 6.07) is 9.89. The summed E-state index contributed by atoms with van der Waals surface area (Å²) in [6.45, 7) is 0.388. The van der Waals surface area contributed by atoms with Crippen LogP contribution in [-0.2, 0) is 4.74 Å². The van der Waals surface area contributed by atoms with Crippen LogP contribution in [0.4, 0.5) is 8.78 Å². The van der Waals surface area contributed by atoms with Crippen molar-refractivity contribution in [3.05, 3.63) is 59.7 Å². The van der Waals surface area contributed by atoms with Crippen molar-refractivity contribution in [3.63, 3.8) is 0 Å². The van der Waals surface area contributed by atoms with E-state index in [9.17, 15) is 18.7 Å². The monoisotopic (exact) mass is 335 g/mol. The fourth-order valence-corrected chi connectivity index (χ4v) is 2.24. The molecule has 128 valence electrons. The predicted octanol–water partition coefficient (Wildman–Crippen LogP) is 2.76. The normalized spacial score (nSPS) is 12.0. The van der Waals surface area contributed by atoms with Gasteiger partial charge in [-0.3, -0.25) is 4.79 Å². The third kappa shape index (κ3) is 4.84. The minimum absolute atomic E-state index is 0.0814. The van der Waals surface area contributed by atoms with Gasteiger partial charge in [0.15, 0.2) is 0 Å². The largest absolute Gasteiger partial charge is 0.391 e. The van der Waals surface area contributed by atoms with Crippen LogP contribution in [0.2, 0.25) is 0 Å².